The maximum Gasteiger partial charge on any atom is 0.145 e. The van der Waals surface area contributed by atoms with Gasteiger partial charge in [0.1, 0.15) is 11.4 Å². The third-order valence-electron chi connectivity index (χ3n) is 1.50. The second kappa shape index (κ2) is 4.00. The minimum Gasteiger partial charge on any atom is -0.494 e. The van der Waals surface area contributed by atoms with Crippen LogP contribution in [0.1, 0.15) is 5.56 Å². The van der Waals surface area contributed by atoms with Crippen LogP contribution >= 0.6 is 12.2 Å². The van der Waals surface area contributed by atoms with Crippen LogP contribution in [0.15, 0.2) is 23.2 Å². The van der Waals surface area contributed by atoms with Crippen molar-refractivity contribution >= 4 is 23.1 Å². The third-order valence-corrected chi connectivity index (χ3v) is 1.59. The lowest BCUT2D eigenvalue weighted by Crippen LogP contribution is -1.83. The predicted octanol–water partition coefficient (Wildman–Crippen LogP) is 2.74. The van der Waals surface area contributed by atoms with Crippen molar-refractivity contribution in [3.05, 3.63) is 23.8 Å². The van der Waals surface area contributed by atoms with Gasteiger partial charge in [-0.2, -0.15) is 4.99 Å². The minimum atomic E-state index is 0.720. The van der Waals surface area contributed by atoms with Crippen molar-refractivity contribution in [3.8, 4) is 5.75 Å². The van der Waals surface area contributed by atoms with Gasteiger partial charge in [0.05, 0.1) is 12.3 Å². The van der Waals surface area contributed by atoms with Crippen LogP contribution in [0.2, 0.25) is 0 Å². The highest BCUT2D eigenvalue weighted by Crippen LogP contribution is 2.27. The lowest BCUT2D eigenvalue weighted by molar-refractivity contribution is 0.416. The van der Waals surface area contributed by atoms with Gasteiger partial charge in [-0.15, -0.1) is 0 Å². The first-order valence-corrected chi connectivity index (χ1v) is 3.91. The Morgan fingerprint density at radius 1 is 1.50 bits per heavy atom. The van der Waals surface area contributed by atoms with E-state index >= 15 is 0 Å². The van der Waals surface area contributed by atoms with E-state index in [1.54, 1.807) is 7.11 Å². The van der Waals surface area contributed by atoms with E-state index in [2.05, 4.69) is 22.4 Å². The number of rotatable bonds is 2. The summed E-state index contributed by atoms with van der Waals surface area (Å²) in [5.41, 5.74) is 1.85. The van der Waals surface area contributed by atoms with Gasteiger partial charge in [-0.3, -0.25) is 0 Å². The highest BCUT2D eigenvalue weighted by molar-refractivity contribution is 7.78. The monoisotopic (exact) mass is 179 g/mol. The molecule has 0 atom stereocenters. The summed E-state index contributed by atoms with van der Waals surface area (Å²) in [6, 6.07) is 5.72. The molecular weight excluding hydrogens is 170 g/mol. The maximum atomic E-state index is 5.10. The smallest absolute Gasteiger partial charge is 0.145 e. The van der Waals surface area contributed by atoms with Crippen LogP contribution in [-0.2, 0) is 0 Å². The molecule has 0 radical (unpaired) electrons. The summed E-state index contributed by atoms with van der Waals surface area (Å²) < 4.78 is 5.10. The highest BCUT2D eigenvalue weighted by Gasteiger charge is 1.99. The quantitative estimate of drug-likeness (QED) is 0.514. The number of hydrogen-bond donors (Lipinski definition) is 0. The van der Waals surface area contributed by atoms with E-state index in [4.69, 9.17) is 4.74 Å². The molecule has 0 unspecified atom stereocenters. The summed E-state index contributed by atoms with van der Waals surface area (Å²) >= 11 is 4.50. The number of ether oxygens (including phenoxy) is 1. The number of thiocarbonyl (C=S) groups is 1. The fourth-order valence-electron chi connectivity index (χ4n) is 0.926. The number of aliphatic imine (C=N–C) groups is 1. The summed E-state index contributed by atoms with van der Waals surface area (Å²) in [7, 11) is 1.61. The van der Waals surface area contributed by atoms with E-state index in [1.807, 2.05) is 25.1 Å². The Morgan fingerprint density at radius 3 is 2.83 bits per heavy atom. The Balaban J connectivity index is 3.19. The van der Waals surface area contributed by atoms with Crippen LogP contribution in [0, 0.1) is 6.92 Å². The zero-order valence-corrected chi connectivity index (χ0v) is 7.81. The SMILES string of the molecule is COc1cc(C)ccc1N=C=S. The number of benzene rings is 1. The number of aryl methyl sites for hydroxylation is 1. The second-order valence-corrected chi connectivity index (χ2v) is 2.56. The zero-order chi connectivity index (χ0) is 8.97. The zero-order valence-electron chi connectivity index (χ0n) is 7.00. The van der Waals surface area contributed by atoms with E-state index < -0.39 is 0 Å². The summed E-state index contributed by atoms with van der Waals surface area (Å²) in [5, 5.41) is 2.31. The minimum absolute atomic E-state index is 0.720. The average Bonchev–Trinajstić information content (AvgIpc) is 2.08. The molecule has 62 valence electrons. The highest BCUT2D eigenvalue weighted by atomic mass is 32.1. The molecular formula is C9H9NOS. The maximum absolute atomic E-state index is 5.10. The van der Waals surface area contributed by atoms with Gasteiger partial charge >= 0.3 is 0 Å². The van der Waals surface area contributed by atoms with Gasteiger partial charge in [-0.1, -0.05) is 6.07 Å². The molecule has 0 saturated heterocycles. The molecule has 0 spiro atoms. The first-order chi connectivity index (χ1) is 5.77. The molecule has 3 heteroatoms. The summed E-state index contributed by atoms with van der Waals surface area (Å²) in [6.45, 7) is 1.99. The van der Waals surface area contributed by atoms with Crippen LogP contribution in [0.3, 0.4) is 0 Å². The van der Waals surface area contributed by atoms with E-state index in [-0.39, 0.29) is 0 Å². The largest absolute Gasteiger partial charge is 0.494 e. The molecule has 0 saturated carbocycles. The number of hydrogen-bond acceptors (Lipinski definition) is 3. The van der Waals surface area contributed by atoms with Gasteiger partial charge < -0.3 is 4.74 Å². The van der Waals surface area contributed by atoms with Gasteiger partial charge in [0.15, 0.2) is 0 Å². The second-order valence-electron chi connectivity index (χ2n) is 2.38. The molecule has 0 aliphatic heterocycles. The van der Waals surface area contributed by atoms with Gasteiger partial charge in [-0.25, -0.2) is 0 Å². The Hall–Kier alpha value is -1.18. The van der Waals surface area contributed by atoms with Crippen LogP contribution in [0.4, 0.5) is 5.69 Å². The summed E-state index contributed by atoms with van der Waals surface area (Å²) in [4.78, 5) is 3.86. The molecule has 0 aromatic heterocycles. The summed E-state index contributed by atoms with van der Waals surface area (Å²) in [5.74, 6) is 0.729. The molecule has 0 heterocycles. The fraction of sp³-hybridized carbons (Fsp3) is 0.222. The van der Waals surface area contributed by atoms with Crippen molar-refractivity contribution in [1.82, 2.24) is 0 Å². The average molecular weight is 179 g/mol. The van der Waals surface area contributed by atoms with Crippen LogP contribution in [-0.4, -0.2) is 12.3 Å². The third kappa shape index (κ3) is 1.91. The number of nitrogens with zero attached hydrogens (tertiary/aromatic N) is 1. The molecule has 0 amide bonds. The van der Waals surface area contributed by atoms with Gasteiger partial charge in [-0.05, 0) is 36.8 Å². The van der Waals surface area contributed by atoms with Crippen LogP contribution < -0.4 is 4.74 Å². The fourth-order valence-corrected chi connectivity index (χ4v) is 1.02. The Labute approximate surface area is 76.9 Å². The van der Waals surface area contributed by atoms with Crippen molar-refractivity contribution in [2.24, 2.45) is 4.99 Å². The van der Waals surface area contributed by atoms with Gasteiger partial charge in [0, 0.05) is 0 Å². The standard InChI is InChI=1S/C9H9NOS/c1-7-3-4-8(10-6-12)9(5-7)11-2/h3-5H,1-2H3. The van der Waals surface area contributed by atoms with Crippen molar-refractivity contribution in [2.45, 2.75) is 6.92 Å². The van der Waals surface area contributed by atoms with Crippen LogP contribution in [0.5, 0.6) is 5.75 Å². The van der Waals surface area contributed by atoms with E-state index in [9.17, 15) is 0 Å². The van der Waals surface area contributed by atoms with E-state index in [0.29, 0.717) is 0 Å². The molecule has 1 aromatic carbocycles. The Bertz CT molecular complexity index is 329. The molecule has 1 aromatic rings. The predicted molar refractivity (Wildman–Crippen MR) is 52.4 cm³/mol. The van der Waals surface area contributed by atoms with Crippen molar-refractivity contribution in [2.75, 3.05) is 7.11 Å². The Kier molecular flexibility index (Phi) is 2.97. The molecule has 0 aliphatic rings. The van der Waals surface area contributed by atoms with E-state index in [0.717, 1.165) is 17.0 Å². The first-order valence-electron chi connectivity index (χ1n) is 3.50. The molecule has 0 N–H and O–H groups in total. The van der Waals surface area contributed by atoms with E-state index in [1.165, 1.54) is 0 Å². The topological polar surface area (TPSA) is 21.6 Å². The molecule has 1 rings (SSSR count). The molecule has 2 nitrogen and oxygen atoms in total. The number of isothiocyanates is 1. The van der Waals surface area contributed by atoms with Crippen molar-refractivity contribution < 1.29 is 4.74 Å². The van der Waals surface area contributed by atoms with Crippen LogP contribution in [0.25, 0.3) is 0 Å². The van der Waals surface area contributed by atoms with Gasteiger partial charge in [0.2, 0.25) is 0 Å². The molecule has 0 fully saturated rings. The first kappa shape index (κ1) is 8.91. The normalized spacial score (nSPS) is 8.83. The Morgan fingerprint density at radius 2 is 2.25 bits per heavy atom. The molecule has 0 bridgehead atoms. The molecule has 12 heavy (non-hydrogen) atoms. The molecule has 0 aliphatic carbocycles. The lowest BCUT2D eigenvalue weighted by Gasteiger charge is -2.03. The van der Waals surface area contributed by atoms with Crippen molar-refractivity contribution in [1.29, 1.82) is 0 Å². The lowest BCUT2D eigenvalue weighted by atomic mass is 10.2. The van der Waals surface area contributed by atoms with Gasteiger partial charge in [0.25, 0.3) is 0 Å². The van der Waals surface area contributed by atoms with Crippen molar-refractivity contribution in [3.63, 3.8) is 0 Å². The number of methoxy groups -OCH3 is 1. The summed E-state index contributed by atoms with van der Waals surface area (Å²) in [6.07, 6.45) is 0.